The topological polar surface area (TPSA) is 66.4 Å². The molecule has 4 heteroatoms. The molecule has 4 nitrogen and oxygen atoms in total. The third-order valence-electron chi connectivity index (χ3n) is 3.88. The number of aromatic carboxylic acids is 1. The van der Waals surface area contributed by atoms with Crippen LogP contribution in [0.25, 0.3) is 0 Å². The molecule has 0 spiro atoms. The van der Waals surface area contributed by atoms with Gasteiger partial charge in [-0.3, -0.25) is 4.79 Å². The molecular formula is C17H15NO3. The summed E-state index contributed by atoms with van der Waals surface area (Å²) in [4.78, 5) is 23.5. The van der Waals surface area contributed by atoms with E-state index in [1.807, 2.05) is 30.3 Å². The van der Waals surface area contributed by atoms with Crippen LogP contribution in [0.1, 0.15) is 28.8 Å². The maximum atomic E-state index is 12.5. The molecule has 2 aromatic carbocycles. The highest BCUT2D eigenvalue weighted by molar-refractivity contribution is 6.02. The molecule has 0 unspecified atom stereocenters. The third kappa shape index (κ3) is 2.52. The van der Waals surface area contributed by atoms with E-state index in [9.17, 15) is 9.59 Å². The van der Waals surface area contributed by atoms with Gasteiger partial charge >= 0.3 is 5.97 Å². The lowest BCUT2D eigenvalue weighted by Gasteiger charge is -2.16. The number of rotatable bonds is 4. The van der Waals surface area contributed by atoms with Gasteiger partial charge in [-0.25, -0.2) is 4.79 Å². The molecule has 106 valence electrons. The zero-order valence-corrected chi connectivity index (χ0v) is 11.4. The number of amides is 1. The lowest BCUT2D eigenvalue weighted by molar-refractivity contribution is -0.118. The molecule has 0 bridgehead atoms. The smallest absolute Gasteiger partial charge is 0.335 e. The van der Waals surface area contributed by atoms with Crippen molar-refractivity contribution in [2.24, 2.45) is 0 Å². The molecule has 0 aliphatic heterocycles. The number of carboxylic acids is 1. The van der Waals surface area contributed by atoms with Crippen LogP contribution in [0.2, 0.25) is 0 Å². The van der Waals surface area contributed by atoms with Crippen molar-refractivity contribution in [3.05, 3.63) is 65.7 Å². The van der Waals surface area contributed by atoms with Crippen molar-refractivity contribution in [1.29, 1.82) is 0 Å². The Balaban J connectivity index is 1.81. The molecule has 2 aromatic rings. The fourth-order valence-electron chi connectivity index (χ4n) is 2.51. The van der Waals surface area contributed by atoms with E-state index in [-0.39, 0.29) is 11.5 Å². The Morgan fingerprint density at radius 3 is 2.33 bits per heavy atom. The van der Waals surface area contributed by atoms with Crippen LogP contribution in [0, 0.1) is 0 Å². The van der Waals surface area contributed by atoms with Crippen LogP contribution < -0.4 is 5.32 Å². The highest BCUT2D eigenvalue weighted by atomic mass is 16.4. The summed E-state index contributed by atoms with van der Waals surface area (Å²) in [6, 6.07) is 16.0. The minimum absolute atomic E-state index is 0.0729. The number of anilines is 1. The van der Waals surface area contributed by atoms with Gasteiger partial charge in [-0.05, 0) is 36.6 Å². The molecule has 0 aromatic heterocycles. The average Bonchev–Trinajstić information content (AvgIpc) is 3.30. The van der Waals surface area contributed by atoms with E-state index < -0.39 is 11.4 Å². The van der Waals surface area contributed by atoms with Gasteiger partial charge in [0.25, 0.3) is 0 Å². The summed E-state index contributed by atoms with van der Waals surface area (Å²) >= 11 is 0. The summed E-state index contributed by atoms with van der Waals surface area (Å²) in [5, 5.41) is 11.8. The van der Waals surface area contributed by atoms with Crippen molar-refractivity contribution < 1.29 is 14.7 Å². The standard InChI is InChI=1S/C17H15NO3/c19-15(20)12-5-4-8-14(11-12)18-16(21)17(9-10-17)13-6-2-1-3-7-13/h1-8,11H,9-10H2,(H,18,21)(H,19,20). The Bertz CT molecular complexity index is 690. The van der Waals surface area contributed by atoms with E-state index >= 15 is 0 Å². The lowest BCUT2D eigenvalue weighted by atomic mass is 9.95. The molecule has 3 rings (SSSR count). The van der Waals surface area contributed by atoms with Gasteiger partial charge in [0, 0.05) is 5.69 Å². The van der Waals surface area contributed by atoms with E-state index in [0.29, 0.717) is 5.69 Å². The highest BCUT2D eigenvalue weighted by Crippen LogP contribution is 2.48. The molecule has 0 heterocycles. The first-order chi connectivity index (χ1) is 10.1. The highest BCUT2D eigenvalue weighted by Gasteiger charge is 2.51. The second-order valence-corrected chi connectivity index (χ2v) is 5.29. The van der Waals surface area contributed by atoms with Gasteiger partial charge in [0.2, 0.25) is 5.91 Å². The summed E-state index contributed by atoms with van der Waals surface area (Å²) in [5.74, 6) is -1.08. The fraction of sp³-hybridized carbons (Fsp3) is 0.176. The van der Waals surface area contributed by atoms with Crippen LogP contribution in [-0.2, 0) is 10.2 Å². The van der Waals surface area contributed by atoms with Gasteiger partial charge in [-0.2, -0.15) is 0 Å². The van der Waals surface area contributed by atoms with Crippen molar-refractivity contribution in [2.45, 2.75) is 18.3 Å². The number of nitrogens with one attached hydrogen (secondary N) is 1. The Morgan fingerprint density at radius 2 is 1.71 bits per heavy atom. The Labute approximate surface area is 122 Å². The first-order valence-electron chi connectivity index (χ1n) is 6.82. The molecule has 0 atom stereocenters. The first kappa shape index (κ1) is 13.4. The molecule has 1 aliphatic rings. The van der Waals surface area contributed by atoms with E-state index in [2.05, 4.69) is 5.32 Å². The summed E-state index contributed by atoms with van der Waals surface area (Å²) in [5.41, 5.74) is 1.23. The van der Waals surface area contributed by atoms with Gasteiger partial charge in [0.1, 0.15) is 0 Å². The van der Waals surface area contributed by atoms with E-state index in [4.69, 9.17) is 5.11 Å². The van der Waals surface area contributed by atoms with Gasteiger partial charge in [-0.15, -0.1) is 0 Å². The monoisotopic (exact) mass is 281 g/mol. The zero-order chi connectivity index (χ0) is 14.9. The Morgan fingerprint density at radius 1 is 1.00 bits per heavy atom. The van der Waals surface area contributed by atoms with Gasteiger partial charge < -0.3 is 10.4 Å². The number of benzene rings is 2. The molecule has 1 fully saturated rings. The van der Waals surface area contributed by atoms with E-state index in [0.717, 1.165) is 18.4 Å². The van der Waals surface area contributed by atoms with Crippen molar-refractivity contribution in [3.63, 3.8) is 0 Å². The number of hydrogen-bond donors (Lipinski definition) is 2. The first-order valence-corrected chi connectivity index (χ1v) is 6.82. The van der Waals surface area contributed by atoms with Crippen molar-refractivity contribution in [1.82, 2.24) is 0 Å². The molecule has 1 amide bonds. The van der Waals surface area contributed by atoms with Gasteiger partial charge in [-0.1, -0.05) is 36.4 Å². The second-order valence-electron chi connectivity index (χ2n) is 5.29. The van der Waals surface area contributed by atoms with Crippen LogP contribution >= 0.6 is 0 Å². The quantitative estimate of drug-likeness (QED) is 0.905. The Kier molecular flexibility index (Phi) is 3.22. The normalized spacial score (nSPS) is 15.2. The van der Waals surface area contributed by atoms with Crippen LogP contribution in [0.4, 0.5) is 5.69 Å². The number of carbonyl (C=O) groups is 2. The zero-order valence-electron chi connectivity index (χ0n) is 11.4. The van der Waals surface area contributed by atoms with E-state index in [1.165, 1.54) is 12.1 Å². The van der Waals surface area contributed by atoms with Crippen molar-refractivity contribution in [3.8, 4) is 0 Å². The average molecular weight is 281 g/mol. The molecule has 1 aliphatic carbocycles. The summed E-state index contributed by atoms with van der Waals surface area (Å²) in [6.07, 6.45) is 1.64. The van der Waals surface area contributed by atoms with Gasteiger partial charge in [0.15, 0.2) is 0 Å². The molecule has 2 N–H and O–H groups in total. The summed E-state index contributed by atoms with van der Waals surface area (Å²) in [6.45, 7) is 0. The maximum absolute atomic E-state index is 12.5. The molecule has 1 saturated carbocycles. The third-order valence-corrected chi connectivity index (χ3v) is 3.88. The van der Waals surface area contributed by atoms with Crippen LogP contribution in [0.5, 0.6) is 0 Å². The van der Waals surface area contributed by atoms with E-state index in [1.54, 1.807) is 12.1 Å². The Hall–Kier alpha value is -2.62. The van der Waals surface area contributed by atoms with Crippen LogP contribution in [0.15, 0.2) is 54.6 Å². The molecule has 0 radical (unpaired) electrons. The fourth-order valence-corrected chi connectivity index (χ4v) is 2.51. The predicted octanol–water partition coefficient (Wildman–Crippen LogP) is 3.06. The minimum Gasteiger partial charge on any atom is -0.478 e. The number of carbonyl (C=O) groups excluding carboxylic acids is 1. The molecular weight excluding hydrogens is 266 g/mol. The minimum atomic E-state index is -1.00. The maximum Gasteiger partial charge on any atom is 0.335 e. The largest absolute Gasteiger partial charge is 0.478 e. The van der Waals surface area contributed by atoms with Gasteiger partial charge in [0.05, 0.1) is 11.0 Å². The molecule has 0 saturated heterocycles. The van der Waals surface area contributed by atoms with Crippen molar-refractivity contribution in [2.75, 3.05) is 5.32 Å². The predicted molar refractivity (Wildman–Crippen MR) is 79.4 cm³/mol. The number of carboxylic acid groups (broad SMARTS) is 1. The molecule has 21 heavy (non-hydrogen) atoms. The lowest BCUT2D eigenvalue weighted by Crippen LogP contribution is -2.27. The number of hydrogen-bond acceptors (Lipinski definition) is 2. The van der Waals surface area contributed by atoms with Crippen LogP contribution in [-0.4, -0.2) is 17.0 Å². The van der Waals surface area contributed by atoms with Crippen molar-refractivity contribution >= 4 is 17.6 Å². The summed E-state index contributed by atoms with van der Waals surface area (Å²) < 4.78 is 0. The van der Waals surface area contributed by atoms with Crippen LogP contribution in [0.3, 0.4) is 0 Å². The SMILES string of the molecule is O=C(O)c1cccc(NC(=O)C2(c3ccccc3)CC2)c1. The second kappa shape index (κ2) is 5.05. The summed E-state index contributed by atoms with van der Waals surface area (Å²) in [7, 11) is 0.